The zero-order valence-corrected chi connectivity index (χ0v) is 6.61. The molecule has 0 N–H and O–H groups in total. The largest absolute Gasteiger partial charge is 0.392 e. The van der Waals surface area contributed by atoms with Gasteiger partial charge in [0.15, 0.2) is 0 Å². The molecule has 0 aromatic carbocycles. The molecular formula is C9H8O3. The Morgan fingerprint density at radius 1 is 1.42 bits per heavy atom. The van der Waals surface area contributed by atoms with Crippen LogP contribution in [0.2, 0.25) is 0 Å². The minimum atomic E-state index is -0.758. The lowest BCUT2D eigenvalue weighted by molar-refractivity contribution is -0.154. The third kappa shape index (κ3) is 0.706. The van der Waals surface area contributed by atoms with Gasteiger partial charge in [-0.25, -0.2) is 0 Å². The lowest BCUT2D eigenvalue weighted by Crippen LogP contribution is -2.28. The monoisotopic (exact) mass is 164 g/mol. The predicted octanol–water partition coefficient (Wildman–Crippen LogP) is 0.818. The van der Waals surface area contributed by atoms with Crippen LogP contribution >= 0.6 is 0 Å². The van der Waals surface area contributed by atoms with Gasteiger partial charge in [-0.2, -0.15) is 0 Å². The Kier molecular flexibility index (Phi) is 1.25. The molecule has 0 aromatic rings. The zero-order valence-electron chi connectivity index (χ0n) is 6.61. The van der Waals surface area contributed by atoms with Crippen molar-refractivity contribution in [1.82, 2.24) is 0 Å². The van der Waals surface area contributed by atoms with Crippen molar-refractivity contribution < 1.29 is 14.3 Å². The van der Waals surface area contributed by atoms with Crippen LogP contribution in [0.25, 0.3) is 0 Å². The number of ether oxygens (including phenoxy) is 1. The summed E-state index contributed by atoms with van der Waals surface area (Å²) in [5.74, 6) is -1.31. The SMILES string of the molecule is C[C@@]12C=CC=C[C@@H]1C(=O)OC2=O. The summed E-state index contributed by atoms with van der Waals surface area (Å²) in [5.41, 5.74) is -0.758. The lowest BCUT2D eigenvalue weighted by atomic mass is 9.76. The summed E-state index contributed by atoms with van der Waals surface area (Å²) in [5, 5.41) is 0. The van der Waals surface area contributed by atoms with E-state index in [9.17, 15) is 9.59 Å². The molecule has 12 heavy (non-hydrogen) atoms. The number of allylic oxidation sites excluding steroid dienone is 2. The topological polar surface area (TPSA) is 43.4 Å². The predicted molar refractivity (Wildman–Crippen MR) is 41.0 cm³/mol. The van der Waals surface area contributed by atoms with E-state index in [1.54, 1.807) is 31.2 Å². The summed E-state index contributed by atoms with van der Waals surface area (Å²) in [7, 11) is 0. The number of cyclic esters (lactones) is 2. The number of hydrogen-bond acceptors (Lipinski definition) is 3. The quantitative estimate of drug-likeness (QED) is 0.393. The first-order valence-corrected chi connectivity index (χ1v) is 3.77. The highest BCUT2D eigenvalue weighted by Crippen LogP contribution is 2.40. The van der Waals surface area contributed by atoms with Crippen LogP contribution in [0.15, 0.2) is 24.3 Å². The second-order valence-electron chi connectivity index (χ2n) is 3.21. The fraction of sp³-hybridized carbons (Fsp3) is 0.333. The van der Waals surface area contributed by atoms with E-state index in [2.05, 4.69) is 4.74 Å². The molecule has 0 amide bonds. The fourth-order valence-electron chi connectivity index (χ4n) is 1.52. The van der Waals surface area contributed by atoms with Gasteiger partial charge in [0.05, 0.1) is 5.92 Å². The van der Waals surface area contributed by atoms with Gasteiger partial charge >= 0.3 is 11.9 Å². The molecule has 0 bridgehead atoms. The molecule has 62 valence electrons. The third-order valence-electron chi connectivity index (χ3n) is 2.39. The van der Waals surface area contributed by atoms with Crippen molar-refractivity contribution >= 4 is 11.9 Å². The molecule has 1 aliphatic carbocycles. The summed E-state index contributed by atoms with van der Waals surface area (Å²) in [4.78, 5) is 22.3. The van der Waals surface area contributed by atoms with Crippen molar-refractivity contribution in [3.05, 3.63) is 24.3 Å². The second kappa shape index (κ2) is 2.06. The van der Waals surface area contributed by atoms with E-state index >= 15 is 0 Å². The Balaban J connectivity index is 2.49. The van der Waals surface area contributed by atoms with E-state index < -0.39 is 23.3 Å². The molecule has 0 saturated carbocycles. The van der Waals surface area contributed by atoms with E-state index in [0.717, 1.165) is 0 Å². The standard InChI is InChI=1S/C9H8O3/c1-9-5-3-2-4-6(9)7(10)12-8(9)11/h2-6H,1H3/t6-,9-/m1/s1. The highest BCUT2D eigenvalue weighted by Gasteiger charge is 2.52. The van der Waals surface area contributed by atoms with Crippen LogP contribution in [0.3, 0.4) is 0 Å². The van der Waals surface area contributed by atoms with Gasteiger partial charge in [0.1, 0.15) is 5.41 Å². The second-order valence-corrected chi connectivity index (χ2v) is 3.21. The van der Waals surface area contributed by atoms with Gasteiger partial charge in [-0.1, -0.05) is 24.3 Å². The molecule has 3 nitrogen and oxygen atoms in total. The molecule has 2 aliphatic rings. The van der Waals surface area contributed by atoms with E-state index in [1.165, 1.54) is 0 Å². The van der Waals surface area contributed by atoms with Crippen LogP contribution in [0.4, 0.5) is 0 Å². The van der Waals surface area contributed by atoms with E-state index in [1.807, 2.05) is 0 Å². The van der Waals surface area contributed by atoms with Gasteiger partial charge in [0, 0.05) is 0 Å². The van der Waals surface area contributed by atoms with Gasteiger partial charge in [-0.3, -0.25) is 9.59 Å². The highest BCUT2D eigenvalue weighted by atomic mass is 16.6. The van der Waals surface area contributed by atoms with Crippen molar-refractivity contribution in [2.45, 2.75) is 6.92 Å². The zero-order chi connectivity index (χ0) is 8.77. The molecule has 2 rings (SSSR count). The molecule has 1 saturated heterocycles. The first-order valence-electron chi connectivity index (χ1n) is 3.77. The number of carbonyl (C=O) groups excluding carboxylic acids is 2. The minimum Gasteiger partial charge on any atom is -0.392 e. The number of rotatable bonds is 0. The maximum Gasteiger partial charge on any atom is 0.324 e. The van der Waals surface area contributed by atoms with Crippen LogP contribution in [-0.2, 0) is 14.3 Å². The molecule has 0 aromatic heterocycles. The molecule has 0 radical (unpaired) electrons. The van der Waals surface area contributed by atoms with Crippen LogP contribution in [-0.4, -0.2) is 11.9 Å². The summed E-state index contributed by atoms with van der Waals surface area (Å²) in [6.45, 7) is 1.71. The van der Waals surface area contributed by atoms with Crippen molar-refractivity contribution in [3.8, 4) is 0 Å². The fourth-order valence-corrected chi connectivity index (χ4v) is 1.52. The highest BCUT2D eigenvalue weighted by molar-refractivity contribution is 6.01. The summed E-state index contributed by atoms with van der Waals surface area (Å²) in [6.07, 6.45) is 6.93. The van der Waals surface area contributed by atoms with Gasteiger partial charge in [-0.15, -0.1) is 0 Å². The summed E-state index contributed by atoms with van der Waals surface area (Å²) >= 11 is 0. The third-order valence-corrected chi connectivity index (χ3v) is 2.39. The molecule has 1 aliphatic heterocycles. The van der Waals surface area contributed by atoms with Crippen molar-refractivity contribution in [3.63, 3.8) is 0 Å². The maximum atomic E-state index is 11.2. The average Bonchev–Trinajstić information content (AvgIpc) is 2.25. The van der Waals surface area contributed by atoms with Crippen molar-refractivity contribution in [2.75, 3.05) is 0 Å². The minimum absolute atomic E-state index is 0.421. The van der Waals surface area contributed by atoms with Crippen molar-refractivity contribution in [2.24, 2.45) is 11.3 Å². The average molecular weight is 164 g/mol. The van der Waals surface area contributed by atoms with Crippen LogP contribution < -0.4 is 0 Å². The normalized spacial score (nSPS) is 38.2. The van der Waals surface area contributed by atoms with Crippen LogP contribution in [0, 0.1) is 11.3 Å². The van der Waals surface area contributed by atoms with Gasteiger partial charge in [0.2, 0.25) is 0 Å². The molecular weight excluding hydrogens is 156 g/mol. The van der Waals surface area contributed by atoms with Gasteiger partial charge in [0.25, 0.3) is 0 Å². The Labute approximate surface area is 69.7 Å². The molecule has 1 heterocycles. The van der Waals surface area contributed by atoms with E-state index in [4.69, 9.17) is 0 Å². The molecule has 3 heteroatoms. The van der Waals surface area contributed by atoms with Gasteiger partial charge in [-0.05, 0) is 6.92 Å². The number of esters is 2. The Morgan fingerprint density at radius 2 is 2.17 bits per heavy atom. The van der Waals surface area contributed by atoms with Gasteiger partial charge < -0.3 is 4.74 Å². The molecule has 1 fully saturated rings. The lowest BCUT2D eigenvalue weighted by Gasteiger charge is -2.20. The van der Waals surface area contributed by atoms with E-state index in [0.29, 0.717) is 0 Å². The van der Waals surface area contributed by atoms with E-state index in [-0.39, 0.29) is 0 Å². The first-order chi connectivity index (χ1) is 5.64. The Morgan fingerprint density at radius 3 is 2.83 bits per heavy atom. The maximum absolute atomic E-state index is 11.2. The molecule has 0 unspecified atom stereocenters. The summed E-state index contributed by atoms with van der Waals surface area (Å²) < 4.78 is 4.53. The Hall–Kier alpha value is -1.38. The molecule has 0 spiro atoms. The number of carbonyl (C=O) groups is 2. The molecule has 2 atom stereocenters. The Bertz CT molecular complexity index is 314. The number of fused-ring (bicyclic) bond motifs is 1. The smallest absolute Gasteiger partial charge is 0.324 e. The van der Waals surface area contributed by atoms with Crippen LogP contribution in [0.5, 0.6) is 0 Å². The van der Waals surface area contributed by atoms with Crippen LogP contribution in [0.1, 0.15) is 6.92 Å². The van der Waals surface area contributed by atoms with Crippen molar-refractivity contribution in [1.29, 1.82) is 0 Å². The number of hydrogen-bond donors (Lipinski definition) is 0. The summed E-state index contributed by atoms with van der Waals surface area (Å²) in [6, 6.07) is 0. The first kappa shape index (κ1) is 7.28.